The van der Waals surface area contributed by atoms with Gasteiger partial charge in [-0.15, -0.1) is 11.3 Å². The van der Waals surface area contributed by atoms with Crippen LogP contribution >= 0.6 is 27.3 Å². The van der Waals surface area contributed by atoms with E-state index in [0.29, 0.717) is 0 Å². The van der Waals surface area contributed by atoms with Crippen LogP contribution in [-0.4, -0.2) is 18.6 Å². The first kappa shape index (κ1) is 12.7. The fourth-order valence-corrected chi connectivity index (χ4v) is 3.31. The monoisotopic (exact) mass is 310 g/mol. The molecule has 17 heavy (non-hydrogen) atoms. The number of aromatic nitrogens is 1. The van der Waals surface area contributed by atoms with Gasteiger partial charge in [0.15, 0.2) is 0 Å². The van der Waals surface area contributed by atoms with Crippen molar-refractivity contribution in [3.8, 4) is 10.6 Å². The molecular formula is C13H15BrN2S. The summed E-state index contributed by atoms with van der Waals surface area (Å²) in [6, 6.07) is 8.47. The van der Waals surface area contributed by atoms with Crippen LogP contribution in [-0.2, 0) is 6.42 Å². The number of thiazole rings is 1. The molecule has 2 aromatic rings. The zero-order valence-electron chi connectivity index (χ0n) is 9.96. The molecule has 1 heterocycles. The number of rotatable bonds is 4. The summed E-state index contributed by atoms with van der Waals surface area (Å²) < 4.78 is 0.981. The number of hydrogen-bond donors (Lipinski definition) is 1. The third-order valence-corrected chi connectivity index (χ3v) is 4.60. The van der Waals surface area contributed by atoms with Crippen LogP contribution in [0.3, 0.4) is 0 Å². The highest BCUT2D eigenvalue weighted by Crippen LogP contribution is 2.31. The van der Waals surface area contributed by atoms with E-state index in [1.807, 2.05) is 7.05 Å². The lowest BCUT2D eigenvalue weighted by molar-refractivity contribution is 0.796. The number of hydrogen-bond acceptors (Lipinski definition) is 3. The molecule has 0 radical (unpaired) electrons. The number of nitrogens with zero attached hydrogens (tertiary/aromatic N) is 1. The molecule has 0 unspecified atom stereocenters. The zero-order chi connectivity index (χ0) is 12.3. The molecule has 0 saturated heterocycles. The second kappa shape index (κ2) is 5.76. The Bertz CT molecular complexity index is 508. The Kier molecular flexibility index (Phi) is 4.31. The van der Waals surface area contributed by atoms with Gasteiger partial charge in [-0.2, -0.15) is 0 Å². The maximum atomic E-state index is 4.58. The normalized spacial score (nSPS) is 10.8. The van der Waals surface area contributed by atoms with Gasteiger partial charge >= 0.3 is 0 Å². The van der Waals surface area contributed by atoms with Crippen molar-refractivity contribution in [3.05, 3.63) is 39.3 Å². The lowest BCUT2D eigenvalue weighted by atomic mass is 10.1. The van der Waals surface area contributed by atoms with Crippen LogP contribution in [0.2, 0.25) is 0 Å². The van der Waals surface area contributed by atoms with Gasteiger partial charge in [0.05, 0.1) is 0 Å². The predicted molar refractivity (Wildman–Crippen MR) is 77.6 cm³/mol. The van der Waals surface area contributed by atoms with Crippen molar-refractivity contribution in [1.82, 2.24) is 10.3 Å². The van der Waals surface area contributed by atoms with E-state index in [0.717, 1.165) is 22.6 Å². The molecule has 0 aliphatic carbocycles. The van der Waals surface area contributed by atoms with Gasteiger partial charge in [-0.3, -0.25) is 0 Å². The van der Waals surface area contributed by atoms with Crippen molar-refractivity contribution in [3.63, 3.8) is 0 Å². The van der Waals surface area contributed by atoms with Gasteiger partial charge in [-0.25, -0.2) is 4.98 Å². The predicted octanol–water partition coefficient (Wildman–Crippen LogP) is 3.64. The molecule has 0 bridgehead atoms. The van der Waals surface area contributed by atoms with Gasteiger partial charge < -0.3 is 5.32 Å². The van der Waals surface area contributed by atoms with Crippen molar-refractivity contribution in [2.45, 2.75) is 13.3 Å². The van der Waals surface area contributed by atoms with Crippen molar-refractivity contribution < 1.29 is 0 Å². The Hall–Kier alpha value is -0.710. The quantitative estimate of drug-likeness (QED) is 0.932. The molecule has 0 aliphatic heterocycles. The number of likely N-dealkylation sites (N-methyl/N-ethyl adjacent to an activating group) is 1. The highest BCUT2D eigenvalue weighted by Gasteiger charge is 2.10. The topological polar surface area (TPSA) is 24.9 Å². The third kappa shape index (κ3) is 3.15. The third-order valence-electron chi connectivity index (χ3n) is 2.52. The summed E-state index contributed by atoms with van der Waals surface area (Å²) in [5.41, 5.74) is 2.47. The maximum Gasteiger partial charge on any atom is 0.124 e. The number of nitrogens with one attached hydrogen (secondary N) is 1. The van der Waals surface area contributed by atoms with E-state index in [1.54, 1.807) is 11.3 Å². The SMILES string of the molecule is CNCCc1sc(-c2cccc(C)c2)nc1Br. The first-order chi connectivity index (χ1) is 8.20. The van der Waals surface area contributed by atoms with E-state index in [4.69, 9.17) is 0 Å². The average Bonchev–Trinajstić information content (AvgIpc) is 2.68. The molecular weight excluding hydrogens is 296 g/mol. The van der Waals surface area contributed by atoms with Crippen LogP contribution in [0.4, 0.5) is 0 Å². The number of halogens is 1. The van der Waals surface area contributed by atoms with E-state index in [-0.39, 0.29) is 0 Å². The molecule has 0 aliphatic rings. The molecule has 2 nitrogen and oxygen atoms in total. The summed E-state index contributed by atoms with van der Waals surface area (Å²) in [5, 5.41) is 4.25. The fraction of sp³-hybridized carbons (Fsp3) is 0.308. The van der Waals surface area contributed by atoms with Crippen molar-refractivity contribution in [2.75, 3.05) is 13.6 Å². The van der Waals surface area contributed by atoms with Crippen LogP contribution in [0.15, 0.2) is 28.9 Å². The standard InChI is InChI=1S/C13H15BrN2S/c1-9-4-3-5-10(8-9)13-16-12(14)11(17-13)6-7-15-2/h3-5,8,15H,6-7H2,1-2H3. The fourth-order valence-electron chi connectivity index (χ4n) is 1.63. The summed E-state index contributed by atoms with van der Waals surface area (Å²) in [6.07, 6.45) is 1.01. The van der Waals surface area contributed by atoms with E-state index >= 15 is 0 Å². The molecule has 2 rings (SSSR count). The van der Waals surface area contributed by atoms with Gasteiger partial charge in [0.25, 0.3) is 0 Å². The van der Waals surface area contributed by atoms with Crippen molar-refractivity contribution in [1.29, 1.82) is 0 Å². The Morgan fingerprint density at radius 3 is 2.94 bits per heavy atom. The summed E-state index contributed by atoms with van der Waals surface area (Å²) in [6.45, 7) is 3.09. The average molecular weight is 311 g/mol. The molecule has 1 N–H and O–H groups in total. The van der Waals surface area contributed by atoms with Gasteiger partial charge in [-0.1, -0.05) is 23.8 Å². The minimum Gasteiger partial charge on any atom is -0.319 e. The highest BCUT2D eigenvalue weighted by atomic mass is 79.9. The summed E-state index contributed by atoms with van der Waals surface area (Å²) in [7, 11) is 1.97. The second-order valence-corrected chi connectivity index (χ2v) is 5.79. The maximum absolute atomic E-state index is 4.58. The van der Waals surface area contributed by atoms with Gasteiger partial charge in [-0.05, 0) is 48.9 Å². The molecule has 0 spiro atoms. The van der Waals surface area contributed by atoms with Gasteiger partial charge in [0, 0.05) is 10.4 Å². The molecule has 0 fully saturated rings. The zero-order valence-corrected chi connectivity index (χ0v) is 12.4. The lowest BCUT2D eigenvalue weighted by Crippen LogP contribution is -2.09. The number of aryl methyl sites for hydroxylation is 1. The second-order valence-electron chi connectivity index (χ2n) is 3.96. The first-order valence-corrected chi connectivity index (χ1v) is 7.18. The summed E-state index contributed by atoms with van der Waals surface area (Å²) in [5.74, 6) is 0. The summed E-state index contributed by atoms with van der Waals surface area (Å²) >= 11 is 5.30. The van der Waals surface area contributed by atoms with Crippen LogP contribution < -0.4 is 5.32 Å². The van der Waals surface area contributed by atoms with Crippen LogP contribution in [0, 0.1) is 6.92 Å². The van der Waals surface area contributed by atoms with Gasteiger partial charge in [0.1, 0.15) is 9.61 Å². The van der Waals surface area contributed by atoms with E-state index in [1.165, 1.54) is 16.0 Å². The Morgan fingerprint density at radius 1 is 1.41 bits per heavy atom. The molecule has 0 saturated carbocycles. The Labute approximate surface area is 114 Å². The molecule has 90 valence electrons. The highest BCUT2D eigenvalue weighted by molar-refractivity contribution is 9.10. The lowest BCUT2D eigenvalue weighted by Gasteiger charge is -1.97. The van der Waals surface area contributed by atoms with E-state index < -0.39 is 0 Å². The Morgan fingerprint density at radius 2 is 2.24 bits per heavy atom. The van der Waals surface area contributed by atoms with E-state index in [9.17, 15) is 0 Å². The molecule has 0 amide bonds. The minimum atomic E-state index is 0.980. The molecule has 1 aromatic carbocycles. The van der Waals surface area contributed by atoms with Crippen LogP contribution in [0.5, 0.6) is 0 Å². The minimum absolute atomic E-state index is 0.980. The largest absolute Gasteiger partial charge is 0.319 e. The van der Waals surface area contributed by atoms with Crippen LogP contribution in [0.1, 0.15) is 10.4 Å². The Balaban J connectivity index is 2.28. The first-order valence-electron chi connectivity index (χ1n) is 5.57. The smallest absolute Gasteiger partial charge is 0.124 e. The molecule has 1 aromatic heterocycles. The van der Waals surface area contributed by atoms with Crippen molar-refractivity contribution >= 4 is 27.3 Å². The van der Waals surface area contributed by atoms with Gasteiger partial charge in [0.2, 0.25) is 0 Å². The van der Waals surface area contributed by atoms with Crippen LogP contribution in [0.25, 0.3) is 10.6 Å². The summed E-state index contributed by atoms with van der Waals surface area (Å²) in [4.78, 5) is 5.88. The van der Waals surface area contributed by atoms with Crippen molar-refractivity contribution in [2.24, 2.45) is 0 Å². The van der Waals surface area contributed by atoms with E-state index in [2.05, 4.69) is 57.4 Å². The molecule has 4 heteroatoms. The molecule has 0 atom stereocenters. The number of benzene rings is 1.